The Morgan fingerprint density at radius 1 is 1.73 bits per heavy atom. The maximum absolute atomic E-state index is 11.8. The summed E-state index contributed by atoms with van der Waals surface area (Å²) >= 11 is 0. The van der Waals surface area contributed by atoms with Crippen molar-refractivity contribution in [2.24, 2.45) is 11.7 Å². The molecule has 0 heterocycles. The highest BCUT2D eigenvalue weighted by molar-refractivity contribution is 5.73. The van der Waals surface area contributed by atoms with Crippen molar-refractivity contribution >= 4 is 5.97 Å². The number of aliphatic hydroxyl groups is 1. The smallest absolute Gasteiger partial charge is 0.320 e. The van der Waals surface area contributed by atoms with E-state index in [1.165, 1.54) is 6.92 Å². The number of aliphatic hydroxyl groups excluding tert-OH is 1. The quantitative estimate of drug-likeness (QED) is 0.517. The van der Waals surface area contributed by atoms with Gasteiger partial charge in [-0.05, 0) is 0 Å². The molecule has 0 saturated carbocycles. The first-order valence-corrected chi connectivity index (χ1v) is 3.23. The molecule has 0 aliphatic rings. The molecular formula is C6H12FNO3. The second kappa shape index (κ2) is 4.25. The van der Waals surface area contributed by atoms with Gasteiger partial charge in [0.05, 0.1) is 6.10 Å². The molecule has 0 aliphatic heterocycles. The van der Waals surface area contributed by atoms with Gasteiger partial charge in [0, 0.05) is 5.92 Å². The van der Waals surface area contributed by atoms with Crippen LogP contribution in [0.2, 0.25) is 0 Å². The van der Waals surface area contributed by atoms with E-state index in [2.05, 4.69) is 0 Å². The van der Waals surface area contributed by atoms with Gasteiger partial charge in [0.2, 0.25) is 0 Å². The number of nitrogens with two attached hydrogens (primary N) is 1. The Bertz CT molecular complexity index is 142. The lowest BCUT2D eigenvalue weighted by molar-refractivity contribution is -0.141. The van der Waals surface area contributed by atoms with Gasteiger partial charge in [0.25, 0.3) is 0 Å². The molecule has 0 radical (unpaired) electrons. The number of aliphatic carboxylic acids is 1. The molecule has 0 aliphatic carbocycles. The van der Waals surface area contributed by atoms with Crippen LogP contribution in [0.1, 0.15) is 6.92 Å². The summed E-state index contributed by atoms with van der Waals surface area (Å²) in [6.45, 7) is 0.422. The molecule has 0 aromatic carbocycles. The Labute approximate surface area is 63.8 Å². The molecule has 11 heavy (non-hydrogen) atoms. The van der Waals surface area contributed by atoms with Crippen LogP contribution in [-0.2, 0) is 4.79 Å². The highest BCUT2D eigenvalue weighted by Gasteiger charge is 2.26. The number of hydrogen-bond donors (Lipinski definition) is 3. The highest BCUT2D eigenvalue weighted by Crippen LogP contribution is 2.07. The molecule has 0 saturated heterocycles. The molecule has 0 fully saturated rings. The number of carboxylic acids is 1. The van der Waals surface area contributed by atoms with Crippen molar-refractivity contribution in [3.63, 3.8) is 0 Å². The van der Waals surface area contributed by atoms with Crippen LogP contribution in [-0.4, -0.2) is 35.0 Å². The molecule has 0 aromatic heterocycles. The summed E-state index contributed by atoms with van der Waals surface area (Å²) in [5.74, 6) is -2.00. The number of rotatable bonds is 4. The minimum atomic E-state index is -1.29. The van der Waals surface area contributed by atoms with E-state index in [-0.39, 0.29) is 0 Å². The summed E-state index contributed by atoms with van der Waals surface area (Å²) < 4.78 is 11.8. The predicted molar refractivity (Wildman–Crippen MR) is 36.8 cm³/mol. The van der Waals surface area contributed by atoms with E-state index < -0.39 is 30.7 Å². The number of carbonyl (C=O) groups is 1. The Morgan fingerprint density at radius 2 is 2.18 bits per heavy atom. The average Bonchev–Trinajstić information content (AvgIpc) is 2.00. The normalized spacial score (nSPS) is 18.9. The second-order valence-corrected chi connectivity index (χ2v) is 2.44. The van der Waals surface area contributed by atoms with E-state index in [1.54, 1.807) is 0 Å². The minimum absolute atomic E-state index is 0.766. The lowest BCUT2D eigenvalue weighted by Gasteiger charge is -2.19. The Kier molecular flexibility index (Phi) is 3.99. The zero-order valence-electron chi connectivity index (χ0n) is 6.20. The summed E-state index contributed by atoms with van der Waals surface area (Å²) in [4.78, 5) is 10.2. The van der Waals surface area contributed by atoms with Crippen molar-refractivity contribution in [3.8, 4) is 0 Å². The summed E-state index contributed by atoms with van der Waals surface area (Å²) in [5, 5.41) is 17.2. The van der Waals surface area contributed by atoms with Crippen LogP contribution in [0.25, 0.3) is 0 Å². The zero-order chi connectivity index (χ0) is 9.02. The van der Waals surface area contributed by atoms with Crippen molar-refractivity contribution in [2.75, 3.05) is 6.67 Å². The van der Waals surface area contributed by atoms with Gasteiger partial charge in [-0.2, -0.15) is 0 Å². The van der Waals surface area contributed by atoms with Crippen LogP contribution in [0.15, 0.2) is 0 Å². The minimum Gasteiger partial charge on any atom is -0.480 e. The lowest BCUT2D eigenvalue weighted by atomic mass is 9.97. The monoisotopic (exact) mass is 165 g/mol. The van der Waals surface area contributed by atoms with Crippen LogP contribution in [0.3, 0.4) is 0 Å². The van der Waals surface area contributed by atoms with E-state index in [0.717, 1.165) is 0 Å². The van der Waals surface area contributed by atoms with Gasteiger partial charge in [-0.3, -0.25) is 4.79 Å². The van der Waals surface area contributed by atoms with E-state index in [4.69, 9.17) is 15.9 Å². The van der Waals surface area contributed by atoms with E-state index in [9.17, 15) is 9.18 Å². The molecule has 0 rings (SSSR count). The number of hydrogen-bond acceptors (Lipinski definition) is 3. The first-order valence-electron chi connectivity index (χ1n) is 3.23. The molecule has 3 atom stereocenters. The Hall–Kier alpha value is -0.680. The van der Waals surface area contributed by atoms with Crippen molar-refractivity contribution in [1.82, 2.24) is 0 Å². The van der Waals surface area contributed by atoms with E-state index >= 15 is 0 Å². The molecule has 0 aromatic rings. The maximum Gasteiger partial charge on any atom is 0.320 e. The largest absolute Gasteiger partial charge is 0.480 e. The SMILES string of the molecule is C[C@@H](C(O)CF)[C@H](N)C(=O)O. The van der Waals surface area contributed by atoms with Crippen molar-refractivity contribution in [1.29, 1.82) is 0 Å². The summed E-state index contributed by atoms with van der Waals surface area (Å²) in [7, 11) is 0. The molecule has 4 nitrogen and oxygen atoms in total. The van der Waals surface area contributed by atoms with Gasteiger partial charge in [0.1, 0.15) is 12.7 Å². The zero-order valence-corrected chi connectivity index (χ0v) is 6.20. The molecule has 4 N–H and O–H groups in total. The molecule has 66 valence electrons. The van der Waals surface area contributed by atoms with Crippen molar-refractivity contribution in [2.45, 2.75) is 19.1 Å². The second-order valence-electron chi connectivity index (χ2n) is 2.44. The van der Waals surface area contributed by atoms with Gasteiger partial charge in [0.15, 0.2) is 0 Å². The van der Waals surface area contributed by atoms with Crippen LogP contribution in [0.5, 0.6) is 0 Å². The van der Waals surface area contributed by atoms with Gasteiger partial charge in [-0.15, -0.1) is 0 Å². The maximum atomic E-state index is 11.8. The third kappa shape index (κ3) is 2.81. The van der Waals surface area contributed by atoms with E-state index in [0.29, 0.717) is 0 Å². The molecule has 0 bridgehead atoms. The van der Waals surface area contributed by atoms with Crippen LogP contribution < -0.4 is 5.73 Å². The highest BCUT2D eigenvalue weighted by atomic mass is 19.1. The number of halogens is 1. The molecule has 0 spiro atoms. The molecule has 5 heteroatoms. The average molecular weight is 165 g/mol. The fourth-order valence-corrected chi connectivity index (χ4v) is 0.605. The number of alkyl halides is 1. The summed E-state index contributed by atoms with van der Waals surface area (Å²) in [6.07, 6.45) is -1.29. The fourth-order valence-electron chi connectivity index (χ4n) is 0.605. The van der Waals surface area contributed by atoms with Crippen molar-refractivity contribution in [3.05, 3.63) is 0 Å². The molecular weight excluding hydrogens is 153 g/mol. The number of carboxylic acid groups (broad SMARTS) is 1. The van der Waals surface area contributed by atoms with Crippen LogP contribution >= 0.6 is 0 Å². The first-order chi connectivity index (χ1) is 5.00. The Balaban J connectivity index is 4.00. The fraction of sp³-hybridized carbons (Fsp3) is 0.833. The Morgan fingerprint density at radius 3 is 2.45 bits per heavy atom. The van der Waals surface area contributed by atoms with E-state index in [1.807, 2.05) is 0 Å². The van der Waals surface area contributed by atoms with Gasteiger partial charge in [-0.1, -0.05) is 6.92 Å². The standard InChI is InChI=1S/C6H12FNO3/c1-3(4(9)2-7)5(8)6(10)11/h3-5,9H,2,8H2,1H3,(H,10,11)/t3-,4?,5-/m0/s1. The molecule has 1 unspecified atom stereocenters. The topological polar surface area (TPSA) is 83.5 Å². The van der Waals surface area contributed by atoms with Crippen LogP contribution in [0.4, 0.5) is 4.39 Å². The first kappa shape index (κ1) is 10.3. The third-order valence-corrected chi connectivity index (χ3v) is 1.62. The third-order valence-electron chi connectivity index (χ3n) is 1.62. The van der Waals surface area contributed by atoms with Gasteiger partial charge in [-0.25, -0.2) is 4.39 Å². The predicted octanol–water partition coefficient (Wildman–Crippen LogP) is -0.635. The molecule has 0 amide bonds. The summed E-state index contributed by atoms with van der Waals surface area (Å²) in [6, 6.07) is -1.21. The lowest BCUT2D eigenvalue weighted by Crippen LogP contribution is -2.42. The summed E-state index contributed by atoms with van der Waals surface area (Å²) in [5.41, 5.74) is 5.11. The van der Waals surface area contributed by atoms with Gasteiger partial charge < -0.3 is 15.9 Å². The van der Waals surface area contributed by atoms with Crippen LogP contribution in [0, 0.1) is 5.92 Å². The van der Waals surface area contributed by atoms with Crippen molar-refractivity contribution < 1.29 is 19.4 Å². The van der Waals surface area contributed by atoms with Gasteiger partial charge >= 0.3 is 5.97 Å².